The van der Waals surface area contributed by atoms with Crippen LogP contribution in [0.15, 0.2) is 12.7 Å². The number of nitrogens with zero attached hydrogens (tertiary/aromatic N) is 3. The molecule has 15 heavy (non-hydrogen) atoms. The van der Waals surface area contributed by atoms with Crippen LogP contribution in [-0.4, -0.2) is 26.5 Å². The van der Waals surface area contributed by atoms with Crippen molar-refractivity contribution in [2.75, 3.05) is 11.9 Å². The van der Waals surface area contributed by atoms with E-state index in [1.54, 1.807) is 6.33 Å². The highest BCUT2D eigenvalue weighted by atomic mass is 15.1. The maximum Gasteiger partial charge on any atom is 0.162 e. The minimum absolute atomic E-state index is 0.689. The average molecular weight is 205 g/mol. The number of hydrogen-bond donors (Lipinski definition) is 2. The van der Waals surface area contributed by atoms with Crippen LogP contribution in [0.3, 0.4) is 0 Å². The van der Waals surface area contributed by atoms with Gasteiger partial charge in [0.1, 0.15) is 11.8 Å². The van der Waals surface area contributed by atoms with Crippen molar-refractivity contribution in [3.05, 3.63) is 12.7 Å². The van der Waals surface area contributed by atoms with Crippen LogP contribution < -0.4 is 5.32 Å². The summed E-state index contributed by atoms with van der Waals surface area (Å²) in [6.45, 7) is 5.31. The highest BCUT2D eigenvalue weighted by Crippen LogP contribution is 2.14. The summed E-state index contributed by atoms with van der Waals surface area (Å²) in [6.07, 6.45) is 4.29. The van der Waals surface area contributed by atoms with Crippen LogP contribution in [-0.2, 0) is 0 Å². The Kier molecular flexibility index (Phi) is 2.80. The predicted molar refractivity (Wildman–Crippen MR) is 59.6 cm³/mol. The van der Waals surface area contributed by atoms with Crippen LogP contribution in [0.4, 0.5) is 5.82 Å². The van der Waals surface area contributed by atoms with E-state index >= 15 is 0 Å². The van der Waals surface area contributed by atoms with Crippen LogP contribution in [0.2, 0.25) is 0 Å². The summed E-state index contributed by atoms with van der Waals surface area (Å²) in [7, 11) is 0. The molecule has 0 amide bonds. The molecule has 0 spiro atoms. The van der Waals surface area contributed by atoms with Gasteiger partial charge < -0.3 is 10.3 Å². The van der Waals surface area contributed by atoms with Crippen molar-refractivity contribution in [2.45, 2.75) is 20.3 Å². The van der Waals surface area contributed by atoms with Crippen molar-refractivity contribution in [2.24, 2.45) is 5.92 Å². The van der Waals surface area contributed by atoms with E-state index < -0.39 is 0 Å². The van der Waals surface area contributed by atoms with Gasteiger partial charge in [-0.25, -0.2) is 15.0 Å². The number of H-pyrrole nitrogens is 1. The third-order valence-corrected chi connectivity index (χ3v) is 2.23. The SMILES string of the molecule is CC(C)CCNc1ncnc2[nH]cnc12. The average Bonchev–Trinajstić information content (AvgIpc) is 2.65. The van der Waals surface area contributed by atoms with E-state index in [9.17, 15) is 0 Å². The first-order valence-corrected chi connectivity index (χ1v) is 5.15. The molecule has 0 aromatic carbocycles. The van der Waals surface area contributed by atoms with Gasteiger partial charge >= 0.3 is 0 Å². The predicted octanol–water partition coefficient (Wildman–Crippen LogP) is 1.81. The molecule has 5 heteroatoms. The minimum atomic E-state index is 0.689. The van der Waals surface area contributed by atoms with Gasteiger partial charge in [-0.3, -0.25) is 0 Å². The monoisotopic (exact) mass is 205 g/mol. The molecule has 0 unspecified atom stereocenters. The Morgan fingerprint density at radius 3 is 3.00 bits per heavy atom. The summed E-state index contributed by atoms with van der Waals surface area (Å²) in [5, 5.41) is 3.27. The lowest BCUT2D eigenvalue weighted by atomic mass is 10.1. The molecule has 0 aliphatic heterocycles. The Balaban J connectivity index is 2.10. The molecule has 2 heterocycles. The molecule has 0 aliphatic carbocycles. The van der Waals surface area contributed by atoms with Crippen molar-refractivity contribution >= 4 is 17.0 Å². The van der Waals surface area contributed by atoms with Crippen LogP contribution >= 0.6 is 0 Å². The van der Waals surface area contributed by atoms with E-state index in [1.807, 2.05) is 0 Å². The molecular formula is C10H15N5. The van der Waals surface area contributed by atoms with Gasteiger partial charge in [-0.2, -0.15) is 0 Å². The zero-order valence-electron chi connectivity index (χ0n) is 8.99. The third kappa shape index (κ3) is 2.23. The Morgan fingerprint density at radius 1 is 1.33 bits per heavy atom. The van der Waals surface area contributed by atoms with E-state index in [4.69, 9.17) is 0 Å². The van der Waals surface area contributed by atoms with Crippen molar-refractivity contribution in [3.8, 4) is 0 Å². The number of anilines is 1. The maximum absolute atomic E-state index is 4.17. The molecule has 0 bridgehead atoms. The molecule has 0 fully saturated rings. The summed E-state index contributed by atoms with van der Waals surface area (Å²) < 4.78 is 0. The van der Waals surface area contributed by atoms with E-state index in [0.717, 1.165) is 29.9 Å². The largest absolute Gasteiger partial charge is 0.368 e. The molecule has 80 valence electrons. The van der Waals surface area contributed by atoms with Crippen LogP contribution in [0, 0.1) is 5.92 Å². The zero-order valence-corrected chi connectivity index (χ0v) is 8.99. The number of nitrogens with one attached hydrogen (secondary N) is 2. The van der Waals surface area contributed by atoms with Gasteiger partial charge in [-0.15, -0.1) is 0 Å². The molecule has 2 N–H and O–H groups in total. The van der Waals surface area contributed by atoms with Crippen molar-refractivity contribution in [1.82, 2.24) is 19.9 Å². The van der Waals surface area contributed by atoms with E-state index in [0.29, 0.717) is 5.92 Å². The number of imidazole rings is 1. The summed E-state index contributed by atoms with van der Waals surface area (Å²) in [6, 6.07) is 0. The summed E-state index contributed by atoms with van der Waals surface area (Å²) in [5.41, 5.74) is 1.58. The fourth-order valence-electron chi connectivity index (χ4n) is 1.37. The number of aromatic nitrogens is 4. The van der Waals surface area contributed by atoms with Crippen molar-refractivity contribution < 1.29 is 0 Å². The summed E-state index contributed by atoms with van der Waals surface area (Å²) in [4.78, 5) is 15.4. The van der Waals surface area contributed by atoms with Gasteiger partial charge in [0.15, 0.2) is 11.5 Å². The van der Waals surface area contributed by atoms with Crippen molar-refractivity contribution in [3.63, 3.8) is 0 Å². The molecule has 2 aromatic heterocycles. The Morgan fingerprint density at radius 2 is 2.20 bits per heavy atom. The molecular weight excluding hydrogens is 190 g/mol. The van der Waals surface area contributed by atoms with E-state index in [2.05, 4.69) is 39.1 Å². The standard InChI is InChI=1S/C10H15N5/c1-7(2)3-4-11-9-8-10(13-5-12-8)15-6-14-9/h5-7H,3-4H2,1-2H3,(H2,11,12,13,14,15). The molecule has 0 saturated carbocycles. The summed E-state index contributed by atoms with van der Waals surface area (Å²) in [5.74, 6) is 1.50. The van der Waals surface area contributed by atoms with Crippen LogP contribution in [0.25, 0.3) is 11.2 Å². The highest BCUT2D eigenvalue weighted by molar-refractivity contribution is 5.81. The number of aromatic amines is 1. The first-order chi connectivity index (χ1) is 7.27. The second kappa shape index (κ2) is 4.25. The van der Waals surface area contributed by atoms with Crippen molar-refractivity contribution in [1.29, 1.82) is 0 Å². The maximum atomic E-state index is 4.17. The lowest BCUT2D eigenvalue weighted by Crippen LogP contribution is -2.06. The molecule has 2 rings (SSSR count). The van der Waals surface area contributed by atoms with Gasteiger partial charge in [-0.05, 0) is 12.3 Å². The highest BCUT2D eigenvalue weighted by Gasteiger charge is 2.04. The second-order valence-corrected chi connectivity index (χ2v) is 3.93. The Hall–Kier alpha value is -1.65. The lowest BCUT2D eigenvalue weighted by molar-refractivity contribution is 0.607. The first kappa shape index (κ1) is 9.89. The minimum Gasteiger partial charge on any atom is -0.368 e. The molecule has 0 atom stereocenters. The lowest BCUT2D eigenvalue weighted by Gasteiger charge is -2.07. The van der Waals surface area contributed by atoms with Crippen LogP contribution in [0.1, 0.15) is 20.3 Å². The quantitative estimate of drug-likeness (QED) is 0.798. The molecule has 0 aliphatic rings. The topological polar surface area (TPSA) is 66.5 Å². The molecule has 2 aromatic rings. The van der Waals surface area contributed by atoms with Gasteiger partial charge in [0.25, 0.3) is 0 Å². The fourth-order valence-corrected chi connectivity index (χ4v) is 1.37. The smallest absolute Gasteiger partial charge is 0.162 e. The second-order valence-electron chi connectivity index (χ2n) is 3.93. The zero-order chi connectivity index (χ0) is 10.7. The van der Waals surface area contributed by atoms with Gasteiger partial charge in [0, 0.05) is 6.54 Å². The van der Waals surface area contributed by atoms with Gasteiger partial charge in [-0.1, -0.05) is 13.8 Å². The van der Waals surface area contributed by atoms with E-state index in [-0.39, 0.29) is 0 Å². The normalized spacial score (nSPS) is 11.1. The fraction of sp³-hybridized carbons (Fsp3) is 0.500. The Labute approximate surface area is 88.4 Å². The summed E-state index contributed by atoms with van der Waals surface area (Å²) >= 11 is 0. The number of hydrogen-bond acceptors (Lipinski definition) is 4. The van der Waals surface area contributed by atoms with E-state index in [1.165, 1.54) is 6.33 Å². The number of fused-ring (bicyclic) bond motifs is 1. The number of rotatable bonds is 4. The molecule has 5 nitrogen and oxygen atoms in total. The van der Waals surface area contributed by atoms with Gasteiger partial charge in [0.2, 0.25) is 0 Å². The molecule has 0 radical (unpaired) electrons. The Bertz CT molecular complexity index is 434. The molecule has 0 saturated heterocycles. The van der Waals surface area contributed by atoms with Crippen LogP contribution in [0.5, 0.6) is 0 Å². The third-order valence-electron chi connectivity index (χ3n) is 2.23. The van der Waals surface area contributed by atoms with Gasteiger partial charge in [0.05, 0.1) is 6.33 Å². The first-order valence-electron chi connectivity index (χ1n) is 5.15.